The molecule has 3 aliphatic rings. The lowest BCUT2D eigenvalue weighted by Crippen LogP contribution is -2.49. The number of rotatable bonds is 6. The number of nitriles is 1. The molecule has 1 aromatic carbocycles. The molecular weight excluding hydrogens is 466 g/mol. The number of aromatic nitrogens is 1. The second-order valence-electron chi connectivity index (χ2n) is 10.2. The van der Waals surface area contributed by atoms with Gasteiger partial charge in [-0.3, -0.25) is 14.4 Å². The maximum absolute atomic E-state index is 13.7. The van der Waals surface area contributed by atoms with Crippen LogP contribution < -0.4 is 10.6 Å². The smallest absolute Gasteiger partial charge is 0.271 e. The Morgan fingerprint density at radius 3 is 2.80 bits per heavy atom. The minimum Gasteiger partial charge on any atom is -0.356 e. The van der Waals surface area contributed by atoms with Crippen molar-refractivity contribution >= 4 is 40.2 Å². The predicted octanol–water partition coefficient (Wildman–Crippen LogP) is 3.30. The number of H-pyrrole nitrogens is 1. The minimum absolute atomic E-state index is 0.0375. The third-order valence-electron chi connectivity index (χ3n) is 8.07. The number of carbonyl (C=O) groups is 3. The Bertz CT molecular complexity index is 1230. The molecule has 1 aromatic heterocycles. The van der Waals surface area contributed by atoms with Gasteiger partial charge in [0.15, 0.2) is 0 Å². The van der Waals surface area contributed by atoms with Crippen molar-refractivity contribution < 1.29 is 14.4 Å². The number of hydrogen-bond donors (Lipinski definition) is 3. The van der Waals surface area contributed by atoms with Crippen LogP contribution in [0.1, 0.15) is 61.5 Å². The van der Waals surface area contributed by atoms with Gasteiger partial charge in [0, 0.05) is 24.4 Å². The van der Waals surface area contributed by atoms with Gasteiger partial charge in [-0.2, -0.15) is 5.26 Å². The molecule has 1 spiro atoms. The van der Waals surface area contributed by atoms with Gasteiger partial charge >= 0.3 is 0 Å². The average molecular weight is 496 g/mol. The van der Waals surface area contributed by atoms with Crippen LogP contribution in [0.5, 0.6) is 0 Å². The van der Waals surface area contributed by atoms with Gasteiger partial charge in [0.1, 0.15) is 17.8 Å². The van der Waals surface area contributed by atoms with Crippen LogP contribution in [0.3, 0.4) is 0 Å². The van der Waals surface area contributed by atoms with Crippen LogP contribution in [0.25, 0.3) is 10.9 Å². The summed E-state index contributed by atoms with van der Waals surface area (Å²) in [6.07, 6.45) is 5.39. The standard InChI is InChI=1S/C26H30ClN5O3/c1-2-15-4-5-16-11-19(31-22(16)21(15)27)25(35)32-14-26(7-3-8-26)12-20(32)24(34)30-18(13-28)10-17-6-9-29-23(17)33/h4-5,11,17-18,20,31H,2-3,6-10,12,14H2,1H3,(H,29,33)(H,30,34)/t17-,18-,20?/m0/s1. The summed E-state index contributed by atoms with van der Waals surface area (Å²) in [6.45, 7) is 3.15. The zero-order valence-electron chi connectivity index (χ0n) is 19.8. The Labute approximate surface area is 209 Å². The van der Waals surface area contributed by atoms with Crippen LogP contribution >= 0.6 is 11.6 Å². The number of amides is 3. The van der Waals surface area contributed by atoms with Crippen molar-refractivity contribution in [3.05, 3.63) is 34.5 Å². The van der Waals surface area contributed by atoms with Crippen molar-refractivity contribution in [1.82, 2.24) is 20.5 Å². The third-order valence-corrected chi connectivity index (χ3v) is 8.50. The Hall–Kier alpha value is -3.05. The van der Waals surface area contributed by atoms with Crippen molar-refractivity contribution in [3.8, 4) is 6.07 Å². The molecule has 0 bridgehead atoms. The van der Waals surface area contributed by atoms with Gasteiger partial charge in [-0.15, -0.1) is 0 Å². The molecule has 3 heterocycles. The summed E-state index contributed by atoms with van der Waals surface area (Å²) in [5.74, 6) is -0.907. The van der Waals surface area contributed by atoms with Gasteiger partial charge in [0.05, 0.1) is 16.6 Å². The molecule has 3 fully saturated rings. The van der Waals surface area contributed by atoms with E-state index in [1.165, 1.54) is 0 Å². The lowest BCUT2D eigenvalue weighted by Gasteiger charge is -2.37. The highest BCUT2D eigenvalue weighted by molar-refractivity contribution is 6.36. The number of aromatic amines is 1. The molecule has 2 aliphatic heterocycles. The fraction of sp³-hybridized carbons (Fsp3) is 0.538. The van der Waals surface area contributed by atoms with Gasteiger partial charge in [-0.05, 0) is 55.6 Å². The minimum atomic E-state index is -0.773. The molecule has 3 amide bonds. The van der Waals surface area contributed by atoms with E-state index < -0.39 is 12.1 Å². The lowest BCUT2D eigenvalue weighted by atomic mass is 9.67. The van der Waals surface area contributed by atoms with Crippen LogP contribution in [-0.4, -0.2) is 52.8 Å². The monoisotopic (exact) mass is 495 g/mol. The summed E-state index contributed by atoms with van der Waals surface area (Å²) in [7, 11) is 0. The van der Waals surface area contributed by atoms with Crippen molar-refractivity contribution in [3.63, 3.8) is 0 Å². The van der Waals surface area contributed by atoms with E-state index in [1.807, 2.05) is 19.1 Å². The van der Waals surface area contributed by atoms with E-state index in [0.29, 0.717) is 36.6 Å². The topological polar surface area (TPSA) is 118 Å². The lowest BCUT2D eigenvalue weighted by molar-refractivity contribution is -0.126. The summed E-state index contributed by atoms with van der Waals surface area (Å²) in [4.78, 5) is 43.8. The van der Waals surface area contributed by atoms with Crippen LogP contribution in [0.4, 0.5) is 0 Å². The highest BCUT2D eigenvalue weighted by Crippen LogP contribution is 2.50. The summed E-state index contributed by atoms with van der Waals surface area (Å²) < 4.78 is 0. The second-order valence-corrected chi connectivity index (χ2v) is 10.6. The SMILES string of the molecule is CCc1ccc2cc(C(=O)N3CC4(CCC4)CC3C(=O)N[C@H](C#N)C[C@@H]3CCNC3=O)[nH]c2c1Cl. The zero-order chi connectivity index (χ0) is 24.7. The molecular formula is C26H30ClN5O3. The first kappa shape index (κ1) is 23.7. The van der Waals surface area contributed by atoms with Crippen molar-refractivity contribution in [2.24, 2.45) is 11.3 Å². The highest BCUT2D eigenvalue weighted by Gasteiger charge is 2.52. The van der Waals surface area contributed by atoms with E-state index in [1.54, 1.807) is 11.0 Å². The van der Waals surface area contributed by atoms with E-state index >= 15 is 0 Å². The fourth-order valence-corrected chi connectivity index (χ4v) is 6.21. The molecule has 5 rings (SSSR count). The van der Waals surface area contributed by atoms with E-state index in [9.17, 15) is 19.6 Å². The summed E-state index contributed by atoms with van der Waals surface area (Å²) in [5, 5.41) is 16.7. The van der Waals surface area contributed by atoms with Gasteiger partial charge in [0.25, 0.3) is 5.91 Å². The number of halogens is 1. The molecule has 8 nitrogen and oxygen atoms in total. The molecule has 1 aliphatic carbocycles. The Morgan fingerprint density at radius 2 is 2.17 bits per heavy atom. The molecule has 1 unspecified atom stereocenters. The zero-order valence-corrected chi connectivity index (χ0v) is 20.6. The maximum atomic E-state index is 13.7. The van der Waals surface area contributed by atoms with E-state index in [2.05, 4.69) is 21.7 Å². The summed E-state index contributed by atoms with van der Waals surface area (Å²) >= 11 is 6.55. The third kappa shape index (κ3) is 4.27. The van der Waals surface area contributed by atoms with Crippen LogP contribution in [0.15, 0.2) is 18.2 Å². The second kappa shape index (κ2) is 9.19. The largest absolute Gasteiger partial charge is 0.356 e. The fourth-order valence-electron chi connectivity index (χ4n) is 5.86. The van der Waals surface area contributed by atoms with Gasteiger partial charge in [0.2, 0.25) is 11.8 Å². The van der Waals surface area contributed by atoms with E-state index in [0.717, 1.165) is 42.1 Å². The number of benzene rings is 1. The normalized spacial score (nSPS) is 23.7. The molecule has 184 valence electrons. The number of hydrogen-bond acceptors (Lipinski definition) is 4. The molecule has 0 radical (unpaired) electrons. The summed E-state index contributed by atoms with van der Waals surface area (Å²) in [6, 6.07) is 6.41. The first-order valence-electron chi connectivity index (χ1n) is 12.4. The molecule has 3 N–H and O–H groups in total. The predicted molar refractivity (Wildman–Crippen MR) is 132 cm³/mol. The number of likely N-dealkylation sites (tertiary alicyclic amines) is 1. The first-order valence-corrected chi connectivity index (χ1v) is 12.8. The molecule has 2 aromatic rings. The summed E-state index contributed by atoms with van der Waals surface area (Å²) in [5.41, 5.74) is 2.10. The van der Waals surface area contributed by atoms with Crippen LogP contribution in [0.2, 0.25) is 5.02 Å². The maximum Gasteiger partial charge on any atom is 0.271 e. The molecule has 1 saturated carbocycles. The number of aryl methyl sites for hydroxylation is 1. The molecule has 9 heteroatoms. The molecule has 2 saturated heterocycles. The van der Waals surface area contributed by atoms with Gasteiger partial charge in [-0.25, -0.2) is 0 Å². The molecule has 3 atom stereocenters. The Kier molecular flexibility index (Phi) is 6.22. The van der Waals surface area contributed by atoms with E-state index in [-0.39, 0.29) is 35.5 Å². The molecule has 35 heavy (non-hydrogen) atoms. The van der Waals surface area contributed by atoms with Gasteiger partial charge in [-0.1, -0.05) is 37.1 Å². The van der Waals surface area contributed by atoms with Crippen molar-refractivity contribution in [1.29, 1.82) is 5.26 Å². The van der Waals surface area contributed by atoms with Crippen molar-refractivity contribution in [2.75, 3.05) is 13.1 Å². The van der Waals surface area contributed by atoms with Crippen molar-refractivity contribution in [2.45, 2.75) is 64.0 Å². The quantitative estimate of drug-likeness (QED) is 0.569. The van der Waals surface area contributed by atoms with Gasteiger partial charge < -0.3 is 20.5 Å². The number of carbonyl (C=O) groups excluding carboxylic acids is 3. The number of fused-ring (bicyclic) bond motifs is 1. The highest BCUT2D eigenvalue weighted by atomic mass is 35.5. The Morgan fingerprint density at radius 1 is 1.37 bits per heavy atom. The Balaban J connectivity index is 1.37. The number of nitrogens with zero attached hydrogens (tertiary/aromatic N) is 2. The van der Waals surface area contributed by atoms with Crippen LogP contribution in [0, 0.1) is 22.7 Å². The first-order chi connectivity index (χ1) is 16.8. The van der Waals surface area contributed by atoms with E-state index in [4.69, 9.17) is 11.6 Å². The number of nitrogens with one attached hydrogen (secondary N) is 3. The average Bonchev–Trinajstić information content (AvgIpc) is 3.55. The van der Waals surface area contributed by atoms with Crippen LogP contribution in [-0.2, 0) is 16.0 Å².